The van der Waals surface area contributed by atoms with Gasteiger partial charge in [0.1, 0.15) is 5.60 Å². The minimum Gasteiger partial charge on any atom is -0.441 e. The van der Waals surface area contributed by atoms with E-state index in [4.69, 9.17) is 16.0 Å². The molecule has 2 aliphatic heterocycles. The minimum atomic E-state index is -0.387. The highest BCUT2D eigenvalue weighted by Crippen LogP contribution is 2.42. The lowest BCUT2D eigenvalue weighted by Crippen LogP contribution is -2.48. The smallest absolute Gasteiger partial charge is 0.410 e. The van der Waals surface area contributed by atoms with Gasteiger partial charge in [-0.15, -0.1) is 0 Å². The van der Waals surface area contributed by atoms with Crippen molar-refractivity contribution in [2.45, 2.75) is 76.0 Å². The van der Waals surface area contributed by atoms with Gasteiger partial charge in [-0.1, -0.05) is 13.0 Å². The van der Waals surface area contributed by atoms with E-state index in [9.17, 15) is 4.79 Å². The van der Waals surface area contributed by atoms with Gasteiger partial charge >= 0.3 is 6.09 Å². The van der Waals surface area contributed by atoms with Crippen LogP contribution in [0.15, 0.2) is 24.5 Å². The van der Waals surface area contributed by atoms with Gasteiger partial charge in [0.15, 0.2) is 5.69 Å². The second-order valence-electron chi connectivity index (χ2n) is 9.89. The molecule has 1 aromatic heterocycles. The zero-order valence-corrected chi connectivity index (χ0v) is 18.9. The van der Waals surface area contributed by atoms with Crippen molar-refractivity contribution in [1.82, 2.24) is 14.5 Å². The predicted molar refractivity (Wildman–Crippen MR) is 122 cm³/mol. The van der Waals surface area contributed by atoms with Gasteiger partial charge in [-0.05, 0) is 69.4 Å². The van der Waals surface area contributed by atoms with Crippen molar-refractivity contribution in [3.8, 4) is 0 Å². The van der Waals surface area contributed by atoms with Gasteiger partial charge in [-0.25, -0.2) is 14.6 Å². The number of fused-ring (bicyclic) bond motifs is 1. The molecule has 0 N–H and O–H groups in total. The lowest BCUT2D eigenvalue weighted by molar-refractivity contribution is -0.0913. The first kappa shape index (κ1) is 21.3. The number of benzene rings is 1. The minimum absolute atomic E-state index is 0.178. The molecule has 1 unspecified atom stereocenters. The summed E-state index contributed by atoms with van der Waals surface area (Å²) in [5.41, 5.74) is 1.95. The van der Waals surface area contributed by atoms with Gasteiger partial charge in [0.25, 0.3) is 0 Å². The lowest BCUT2D eigenvalue weighted by atomic mass is 9.77. The van der Waals surface area contributed by atoms with Gasteiger partial charge in [0, 0.05) is 13.2 Å². The molecule has 2 aromatic rings. The van der Waals surface area contributed by atoms with Crippen molar-refractivity contribution >= 4 is 22.8 Å². The molecule has 32 heavy (non-hydrogen) atoms. The second-order valence-corrected chi connectivity index (χ2v) is 9.89. The van der Waals surface area contributed by atoms with Gasteiger partial charge in [0.05, 0.1) is 42.6 Å². The van der Waals surface area contributed by atoms with E-state index in [2.05, 4.69) is 21.3 Å². The van der Waals surface area contributed by atoms with Crippen LogP contribution in [0, 0.1) is 12.5 Å². The molecule has 7 nitrogen and oxygen atoms in total. The third-order valence-corrected chi connectivity index (χ3v) is 7.69. The van der Waals surface area contributed by atoms with Crippen molar-refractivity contribution in [1.29, 1.82) is 0 Å². The summed E-state index contributed by atoms with van der Waals surface area (Å²) in [6.45, 7) is 12.4. The maximum absolute atomic E-state index is 12.9. The van der Waals surface area contributed by atoms with Gasteiger partial charge in [0.2, 0.25) is 0 Å². The molecule has 1 amide bonds. The monoisotopic (exact) mass is 436 g/mol. The van der Waals surface area contributed by atoms with Crippen LogP contribution < -0.4 is 0 Å². The summed E-state index contributed by atoms with van der Waals surface area (Å²) in [5.74, 6) is 0.413. The summed E-state index contributed by atoms with van der Waals surface area (Å²) in [6.07, 6.45) is 9.88. The van der Waals surface area contributed by atoms with Crippen LogP contribution in [0.5, 0.6) is 0 Å². The van der Waals surface area contributed by atoms with E-state index in [1.165, 1.54) is 0 Å². The van der Waals surface area contributed by atoms with Gasteiger partial charge < -0.3 is 18.9 Å². The Morgan fingerprint density at radius 1 is 1.28 bits per heavy atom. The van der Waals surface area contributed by atoms with Crippen LogP contribution in [0.3, 0.4) is 0 Å². The third-order valence-electron chi connectivity index (χ3n) is 7.69. The molecule has 3 atom stereocenters. The number of carbonyl (C=O) groups excluding carboxylic acids is 1. The van der Waals surface area contributed by atoms with Gasteiger partial charge in [-0.3, -0.25) is 0 Å². The summed E-state index contributed by atoms with van der Waals surface area (Å²) < 4.78 is 14.4. The summed E-state index contributed by atoms with van der Waals surface area (Å²) in [6, 6.07) is 5.64. The fraction of sp³-hybridized carbons (Fsp3) is 0.640. The normalized spacial score (nSPS) is 30.6. The first-order valence-electron chi connectivity index (χ1n) is 12.0. The molecular formula is C25H32N4O3. The number of hydrogen-bond acceptors (Lipinski definition) is 4. The van der Waals surface area contributed by atoms with Crippen LogP contribution in [0.4, 0.5) is 10.5 Å². The second kappa shape index (κ2) is 8.40. The Balaban J connectivity index is 1.29. The molecule has 3 heterocycles. The topological polar surface area (TPSA) is 61.0 Å². The summed E-state index contributed by atoms with van der Waals surface area (Å²) in [4.78, 5) is 22.8. The quantitative estimate of drug-likeness (QED) is 0.596. The Morgan fingerprint density at radius 2 is 2.19 bits per heavy atom. The van der Waals surface area contributed by atoms with Crippen LogP contribution in [0.25, 0.3) is 15.9 Å². The lowest BCUT2D eigenvalue weighted by Gasteiger charge is -2.39. The number of aromatic nitrogens is 2. The zero-order chi connectivity index (χ0) is 22.2. The largest absolute Gasteiger partial charge is 0.441 e. The Hall–Kier alpha value is -2.59. The van der Waals surface area contributed by atoms with E-state index < -0.39 is 0 Å². The fourth-order valence-corrected chi connectivity index (χ4v) is 5.96. The molecule has 1 saturated carbocycles. The van der Waals surface area contributed by atoms with E-state index >= 15 is 0 Å². The van der Waals surface area contributed by atoms with Crippen molar-refractivity contribution in [3.63, 3.8) is 0 Å². The average molecular weight is 437 g/mol. The van der Waals surface area contributed by atoms with Crippen molar-refractivity contribution in [3.05, 3.63) is 35.9 Å². The van der Waals surface area contributed by atoms with E-state index in [-0.39, 0.29) is 17.3 Å². The highest BCUT2D eigenvalue weighted by atomic mass is 16.6. The molecule has 3 fully saturated rings. The van der Waals surface area contributed by atoms with Crippen LogP contribution >= 0.6 is 0 Å². The molecule has 7 heteroatoms. The summed E-state index contributed by atoms with van der Waals surface area (Å²) >= 11 is 0. The van der Waals surface area contributed by atoms with Crippen molar-refractivity contribution < 1.29 is 14.3 Å². The number of ether oxygens (including phenoxy) is 2. The number of imidazole rings is 1. The Labute approximate surface area is 189 Å². The summed E-state index contributed by atoms with van der Waals surface area (Å²) in [7, 11) is 0. The molecule has 1 aliphatic carbocycles. The van der Waals surface area contributed by atoms with Gasteiger partial charge in [-0.2, -0.15) is 0 Å². The molecule has 1 spiro atoms. The molecule has 2 saturated heterocycles. The number of carbonyl (C=O) groups is 1. The van der Waals surface area contributed by atoms with Crippen molar-refractivity contribution in [2.24, 2.45) is 5.92 Å². The zero-order valence-electron chi connectivity index (χ0n) is 18.9. The Morgan fingerprint density at radius 3 is 2.97 bits per heavy atom. The molecule has 3 aliphatic rings. The molecule has 0 radical (unpaired) electrons. The number of rotatable bonds is 5. The van der Waals surface area contributed by atoms with E-state index in [1.807, 2.05) is 29.4 Å². The highest BCUT2D eigenvalue weighted by Gasteiger charge is 2.50. The first-order chi connectivity index (χ1) is 15.5. The molecule has 5 rings (SSSR count). The first-order valence-corrected chi connectivity index (χ1v) is 12.0. The average Bonchev–Trinajstić information content (AvgIpc) is 3.34. The fourth-order valence-electron chi connectivity index (χ4n) is 5.96. The SMILES string of the molecule is [C-]#[N+]c1ccc2ncn(C[C@H]3CCC[C@]4(C3)CN(CC3(CC)CCCCO3)C(=O)O4)c2c1. The Bertz CT molecular complexity index is 1040. The van der Waals surface area contributed by atoms with E-state index in [0.717, 1.165) is 75.6 Å². The number of nitrogens with zero attached hydrogens (tertiary/aromatic N) is 4. The van der Waals surface area contributed by atoms with Crippen LogP contribution in [0.2, 0.25) is 0 Å². The number of amides is 1. The molecule has 0 bridgehead atoms. The Kier molecular flexibility index (Phi) is 5.58. The third kappa shape index (κ3) is 3.97. The van der Waals surface area contributed by atoms with E-state index in [0.29, 0.717) is 24.7 Å². The summed E-state index contributed by atoms with van der Waals surface area (Å²) in [5, 5.41) is 0. The van der Waals surface area contributed by atoms with Crippen LogP contribution in [0.1, 0.15) is 58.3 Å². The molecular weight excluding hydrogens is 404 g/mol. The molecule has 170 valence electrons. The van der Waals surface area contributed by atoms with Crippen molar-refractivity contribution in [2.75, 3.05) is 19.7 Å². The maximum atomic E-state index is 12.9. The highest BCUT2D eigenvalue weighted by molar-refractivity contribution is 5.79. The number of hydrogen-bond donors (Lipinski definition) is 0. The van der Waals surface area contributed by atoms with Crippen LogP contribution in [-0.2, 0) is 16.0 Å². The van der Waals surface area contributed by atoms with E-state index in [1.54, 1.807) is 0 Å². The van der Waals surface area contributed by atoms with Crippen LogP contribution in [-0.4, -0.2) is 51.4 Å². The maximum Gasteiger partial charge on any atom is 0.410 e. The molecule has 1 aromatic carbocycles. The predicted octanol–water partition coefficient (Wildman–Crippen LogP) is 5.32. The standard InChI is InChI=1S/C25H32N4O3/c1-3-24(10-4-5-12-31-24)16-29-17-25(32-23(29)30)11-6-7-19(14-25)15-28-18-27-21-9-8-20(26-2)13-22(21)28/h8-9,13,18-19H,3-7,10-12,14-17H2,1H3/t19-,24?,25-/m0/s1.